The summed E-state index contributed by atoms with van der Waals surface area (Å²) in [6.45, 7) is 11.1. The highest BCUT2D eigenvalue weighted by molar-refractivity contribution is 6.00. The number of aromatic nitrogens is 3. The van der Waals surface area contributed by atoms with Crippen molar-refractivity contribution in [1.29, 1.82) is 5.41 Å². The molecule has 0 unspecified atom stereocenters. The fourth-order valence-electron chi connectivity index (χ4n) is 5.41. The highest BCUT2D eigenvalue weighted by atomic mass is 19.4. The van der Waals surface area contributed by atoms with Crippen LogP contribution in [0.5, 0.6) is 0 Å². The highest BCUT2D eigenvalue weighted by Gasteiger charge is 2.33. The Balaban J connectivity index is 0.000000375. The lowest BCUT2D eigenvalue weighted by molar-refractivity contribution is -0.138. The lowest BCUT2D eigenvalue weighted by Crippen LogP contribution is -2.32. The number of halogens is 4. The zero-order valence-corrected chi connectivity index (χ0v) is 25.9. The number of aryl methyl sites for hydroxylation is 2. The summed E-state index contributed by atoms with van der Waals surface area (Å²) >= 11 is 0. The number of alkyl halides is 3. The number of hydrogen-bond donors (Lipinski definition) is 2. The van der Waals surface area contributed by atoms with Gasteiger partial charge >= 0.3 is 6.18 Å². The predicted molar refractivity (Wildman–Crippen MR) is 168 cm³/mol. The number of pyridine rings is 1. The van der Waals surface area contributed by atoms with Crippen molar-refractivity contribution in [2.24, 2.45) is 5.92 Å². The maximum absolute atomic E-state index is 14.6. The number of anilines is 2. The molecule has 0 aliphatic carbocycles. The molecular formula is C34H40F4N6. The molecule has 0 atom stereocenters. The van der Waals surface area contributed by atoms with Crippen molar-refractivity contribution in [3.8, 4) is 5.69 Å². The number of nitrogens with zero attached hydrogens (tertiary/aromatic N) is 4. The molecule has 4 aromatic rings. The molecule has 234 valence electrons. The average molecular weight is 609 g/mol. The highest BCUT2D eigenvalue weighted by Crippen LogP contribution is 2.34. The van der Waals surface area contributed by atoms with E-state index in [-0.39, 0.29) is 5.82 Å². The lowest BCUT2D eigenvalue weighted by atomic mass is 9.97. The number of para-hydroxylation sites is 2. The fourth-order valence-corrected chi connectivity index (χ4v) is 5.41. The molecule has 0 radical (unpaired) electrons. The van der Waals surface area contributed by atoms with E-state index in [1.54, 1.807) is 17.9 Å². The van der Waals surface area contributed by atoms with Gasteiger partial charge in [-0.05, 0) is 62.3 Å². The summed E-state index contributed by atoms with van der Waals surface area (Å²) in [4.78, 5) is 5.52. The Bertz CT molecular complexity index is 1620. The van der Waals surface area contributed by atoms with E-state index in [9.17, 15) is 17.6 Å². The number of rotatable bonds is 7. The number of nitrogen functional groups attached to an aromatic ring is 1. The van der Waals surface area contributed by atoms with Crippen LogP contribution in [0.25, 0.3) is 5.69 Å². The third kappa shape index (κ3) is 7.29. The molecule has 0 saturated carbocycles. The molecule has 44 heavy (non-hydrogen) atoms. The van der Waals surface area contributed by atoms with Crippen LogP contribution in [0.2, 0.25) is 0 Å². The van der Waals surface area contributed by atoms with Gasteiger partial charge in [-0.15, -0.1) is 0 Å². The topological polar surface area (TPSA) is 83.8 Å². The number of fused-ring (bicyclic) bond motifs is 1. The second-order valence-corrected chi connectivity index (χ2v) is 11.5. The van der Waals surface area contributed by atoms with Gasteiger partial charge in [0.1, 0.15) is 0 Å². The van der Waals surface area contributed by atoms with Crippen molar-refractivity contribution in [3.63, 3.8) is 0 Å². The summed E-state index contributed by atoms with van der Waals surface area (Å²) in [6, 6.07) is 14.3. The molecule has 0 amide bonds. The Morgan fingerprint density at radius 3 is 2.39 bits per heavy atom. The van der Waals surface area contributed by atoms with Gasteiger partial charge in [-0.25, -0.2) is 14.1 Å². The summed E-state index contributed by atoms with van der Waals surface area (Å²) < 4.78 is 55.4. The predicted octanol–water partition coefficient (Wildman–Crippen LogP) is 8.10. The number of nitrogens with one attached hydrogen (secondary N) is 1. The van der Waals surface area contributed by atoms with Crippen LogP contribution in [0.3, 0.4) is 0 Å². The minimum atomic E-state index is -4.63. The second kappa shape index (κ2) is 13.6. The summed E-state index contributed by atoms with van der Waals surface area (Å²) in [7, 11) is 0. The summed E-state index contributed by atoms with van der Waals surface area (Å²) in [5.41, 5.74) is 13.0. The Morgan fingerprint density at radius 2 is 1.80 bits per heavy atom. The maximum Gasteiger partial charge on any atom is 0.417 e. The van der Waals surface area contributed by atoms with Gasteiger partial charge in [0.15, 0.2) is 11.6 Å². The van der Waals surface area contributed by atoms with Gasteiger partial charge < -0.3 is 16.0 Å². The maximum atomic E-state index is 14.6. The van der Waals surface area contributed by atoms with E-state index in [2.05, 4.69) is 44.0 Å². The second-order valence-electron chi connectivity index (χ2n) is 11.5. The van der Waals surface area contributed by atoms with Crippen LogP contribution in [-0.2, 0) is 32.0 Å². The van der Waals surface area contributed by atoms with Crippen LogP contribution in [0.15, 0.2) is 54.7 Å². The van der Waals surface area contributed by atoms with Gasteiger partial charge in [0.2, 0.25) is 0 Å². The quantitative estimate of drug-likeness (QED) is 0.126. The van der Waals surface area contributed by atoms with Crippen LogP contribution in [0, 0.1) is 24.1 Å². The molecule has 0 fully saturated rings. The summed E-state index contributed by atoms with van der Waals surface area (Å²) in [5.74, 6) is -0.433. The first-order chi connectivity index (χ1) is 20.8. The number of benzene rings is 2. The van der Waals surface area contributed by atoms with Crippen molar-refractivity contribution in [1.82, 2.24) is 14.8 Å². The molecule has 0 spiro atoms. The minimum absolute atomic E-state index is 0.0580. The Kier molecular flexibility index (Phi) is 10.1. The zero-order valence-electron chi connectivity index (χ0n) is 25.9. The first-order valence-corrected chi connectivity index (χ1v) is 14.9. The molecule has 5 rings (SSSR count). The fraction of sp³-hybridized carbons (Fsp3) is 0.382. The third-order valence-corrected chi connectivity index (χ3v) is 7.89. The molecule has 2 aromatic carbocycles. The monoisotopic (exact) mass is 608 g/mol. The minimum Gasteiger partial charge on any atom is -0.398 e. The van der Waals surface area contributed by atoms with Gasteiger partial charge in [0, 0.05) is 53.9 Å². The van der Waals surface area contributed by atoms with Crippen molar-refractivity contribution in [2.45, 2.75) is 73.0 Å². The van der Waals surface area contributed by atoms with Gasteiger partial charge in [-0.3, -0.25) is 0 Å². The molecule has 0 bridgehead atoms. The van der Waals surface area contributed by atoms with Crippen molar-refractivity contribution in [2.75, 3.05) is 17.2 Å². The van der Waals surface area contributed by atoms with E-state index < -0.39 is 17.6 Å². The standard InChI is InChI=1S/C26H30F4N4.C8H10N2/c1-5-18-7-6-8-19(10-9-16(2)3)24(18)34-17(4)21-15-33(12-11-23(21)32-34)25-22(27)13-20(14-31-25)26(28,29)30;1-6(9)7-4-2-3-5-8(7)10/h6-8,13-14,16H,5,9-12,15H2,1-4H3;2-5,9H,10H2,1H3. The average Bonchev–Trinajstić information content (AvgIpc) is 3.30. The smallest absolute Gasteiger partial charge is 0.398 e. The van der Waals surface area contributed by atoms with E-state index in [0.29, 0.717) is 49.1 Å². The molecule has 3 heterocycles. The van der Waals surface area contributed by atoms with Crippen LogP contribution in [-0.4, -0.2) is 27.0 Å². The molecule has 0 saturated heterocycles. The van der Waals surface area contributed by atoms with Gasteiger partial charge in [0.05, 0.1) is 16.9 Å². The molecule has 2 aromatic heterocycles. The van der Waals surface area contributed by atoms with E-state index >= 15 is 0 Å². The number of hydrogen-bond acceptors (Lipinski definition) is 5. The first kappa shape index (κ1) is 32.7. The molecule has 1 aliphatic rings. The van der Waals surface area contributed by atoms with E-state index in [4.69, 9.17) is 16.2 Å². The third-order valence-electron chi connectivity index (χ3n) is 7.89. The first-order valence-electron chi connectivity index (χ1n) is 14.9. The summed E-state index contributed by atoms with van der Waals surface area (Å²) in [6.07, 6.45) is -0.450. The van der Waals surface area contributed by atoms with Crippen LogP contribution in [0.4, 0.5) is 29.1 Å². The molecule has 1 aliphatic heterocycles. The van der Waals surface area contributed by atoms with Crippen LogP contribution < -0.4 is 10.6 Å². The van der Waals surface area contributed by atoms with E-state index in [1.807, 2.05) is 29.8 Å². The molecule has 3 N–H and O–H groups in total. The normalized spacial score (nSPS) is 13.0. The summed E-state index contributed by atoms with van der Waals surface area (Å²) in [5, 5.41) is 12.2. The Morgan fingerprint density at radius 1 is 1.09 bits per heavy atom. The van der Waals surface area contributed by atoms with Gasteiger partial charge in [-0.2, -0.15) is 18.3 Å². The molecule has 10 heteroatoms. The van der Waals surface area contributed by atoms with Gasteiger partial charge in [0.25, 0.3) is 0 Å². The van der Waals surface area contributed by atoms with Crippen molar-refractivity contribution >= 4 is 17.2 Å². The molecular weight excluding hydrogens is 568 g/mol. The molecule has 6 nitrogen and oxygen atoms in total. The van der Waals surface area contributed by atoms with E-state index in [0.717, 1.165) is 47.5 Å². The Hall–Kier alpha value is -4.21. The van der Waals surface area contributed by atoms with Crippen LogP contribution in [0.1, 0.15) is 73.3 Å². The number of nitrogens with two attached hydrogens (primary N) is 1. The lowest BCUT2D eigenvalue weighted by Gasteiger charge is -2.28. The SMILES string of the molecule is CC(=N)c1ccccc1N.CCc1cccc(CCC(C)C)c1-n1nc2c(c1C)CN(c1ncc(C(F)(F)F)cc1F)CC2. The van der Waals surface area contributed by atoms with Crippen molar-refractivity contribution < 1.29 is 17.6 Å². The van der Waals surface area contributed by atoms with Gasteiger partial charge in [-0.1, -0.05) is 57.2 Å². The van der Waals surface area contributed by atoms with E-state index in [1.165, 1.54) is 11.1 Å². The van der Waals surface area contributed by atoms with Crippen LogP contribution >= 0.6 is 0 Å². The van der Waals surface area contributed by atoms with Crippen molar-refractivity contribution in [3.05, 3.63) is 99.8 Å². The largest absolute Gasteiger partial charge is 0.417 e. The zero-order chi connectivity index (χ0) is 32.2. The Labute approximate surface area is 256 Å².